The summed E-state index contributed by atoms with van der Waals surface area (Å²) in [5.41, 5.74) is 0. The van der Waals surface area contributed by atoms with E-state index in [1.54, 1.807) is 6.07 Å². The highest BCUT2D eigenvalue weighted by Gasteiger charge is 2.28. The van der Waals surface area contributed by atoms with Crippen LogP contribution in [0.4, 0.5) is 9.80 Å². The smallest absolute Gasteiger partial charge is 0.320 e. The van der Waals surface area contributed by atoms with Gasteiger partial charge in [-0.3, -0.25) is 5.32 Å². The third kappa shape index (κ3) is 2.96. The Bertz CT molecular complexity index is 467. The Morgan fingerprint density at radius 3 is 2.88 bits per heavy atom. The lowest BCUT2D eigenvalue weighted by Crippen LogP contribution is -2.38. The first-order valence-electron chi connectivity index (χ1n) is 4.87. The SMILES string of the molecule is O=C(Nc1cccs1)NC1CCS(=O)(=O)C1. The average Bonchev–Trinajstić information content (AvgIpc) is 2.76. The third-order valence-electron chi connectivity index (χ3n) is 2.33. The lowest BCUT2D eigenvalue weighted by molar-refractivity contribution is 0.249. The highest BCUT2D eigenvalue weighted by molar-refractivity contribution is 7.91. The maximum Gasteiger partial charge on any atom is 0.320 e. The maximum absolute atomic E-state index is 11.5. The summed E-state index contributed by atoms with van der Waals surface area (Å²) in [6.45, 7) is 0. The van der Waals surface area contributed by atoms with E-state index in [0.29, 0.717) is 6.42 Å². The minimum atomic E-state index is -2.94. The van der Waals surface area contributed by atoms with Crippen molar-refractivity contribution in [3.8, 4) is 0 Å². The van der Waals surface area contributed by atoms with Crippen LogP contribution in [-0.2, 0) is 9.84 Å². The largest absolute Gasteiger partial charge is 0.334 e. The molecule has 5 nitrogen and oxygen atoms in total. The Hall–Kier alpha value is -1.08. The summed E-state index contributed by atoms with van der Waals surface area (Å²) in [5.74, 6) is 0.210. The van der Waals surface area contributed by atoms with Gasteiger partial charge in [-0.15, -0.1) is 11.3 Å². The Kier molecular flexibility index (Phi) is 3.15. The summed E-state index contributed by atoms with van der Waals surface area (Å²) in [5, 5.41) is 7.91. The number of nitrogens with one attached hydrogen (secondary N) is 2. The lowest BCUT2D eigenvalue weighted by Gasteiger charge is -2.10. The first-order chi connectivity index (χ1) is 7.55. The van der Waals surface area contributed by atoms with Crippen molar-refractivity contribution >= 4 is 32.2 Å². The maximum atomic E-state index is 11.5. The number of anilines is 1. The van der Waals surface area contributed by atoms with E-state index in [-0.39, 0.29) is 23.6 Å². The number of thiophene rings is 1. The molecule has 0 bridgehead atoms. The van der Waals surface area contributed by atoms with E-state index in [4.69, 9.17) is 0 Å². The van der Waals surface area contributed by atoms with Gasteiger partial charge >= 0.3 is 6.03 Å². The summed E-state index contributed by atoms with van der Waals surface area (Å²) in [4.78, 5) is 11.5. The monoisotopic (exact) mass is 260 g/mol. The number of hydrogen-bond donors (Lipinski definition) is 2. The number of amides is 2. The van der Waals surface area contributed by atoms with Gasteiger partial charge in [0.25, 0.3) is 0 Å². The minimum Gasteiger partial charge on any atom is -0.334 e. The summed E-state index contributed by atoms with van der Waals surface area (Å²) in [6.07, 6.45) is 0.500. The Morgan fingerprint density at radius 2 is 2.31 bits per heavy atom. The number of hydrogen-bond acceptors (Lipinski definition) is 4. The van der Waals surface area contributed by atoms with Crippen LogP contribution in [0.2, 0.25) is 0 Å². The number of carbonyl (C=O) groups excluding carboxylic acids is 1. The molecule has 0 aromatic carbocycles. The number of urea groups is 1. The molecule has 1 aliphatic rings. The van der Waals surface area contributed by atoms with Gasteiger partial charge in [-0.05, 0) is 23.9 Å². The third-order valence-corrected chi connectivity index (χ3v) is 4.88. The van der Waals surface area contributed by atoms with Crippen molar-refractivity contribution in [2.24, 2.45) is 0 Å². The van der Waals surface area contributed by atoms with Crippen LogP contribution in [-0.4, -0.2) is 32.0 Å². The second-order valence-electron chi connectivity index (χ2n) is 3.68. The summed E-state index contributed by atoms with van der Waals surface area (Å²) in [6, 6.07) is 3.02. The van der Waals surface area contributed by atoms with Crippen molar-refractivity contribution < 1.29 is 13.2 Å². The Morgan fingerprint density at radius 1 is 1.50 bits per heavy atom. The summed E-state index contributed by atoms with van der Waals surface area (Å²) < 4.78 is 22.3. The predicted octanol–water partition coefficient (Wildman–Crippen LogP) is 1.06. The van der Waals surface area contributed by atoms with Crippen LogP contribution in [0.1, 0.15) is 6.42 Å². The molecular weight excluding hydrogens is 248 g/mol. The molecule has 1 fully saturated rings. The summed E-state index contributed by atoms with van der Waals surface area (Å²) in [7, 11) is -2.94. The van der Waals surface area contributed by atoms with Crippen LogP contribution in [0.3, 0.4) is 0 Å². The van der Waals surface area contributed by atoms with Crippen LogP contribution >= 0.6 is 11.3 Å². The van der Waals surface area contributed by atoms with Gasteiger partial charge in [0.05, 0.1) is 16.5 Å². The molecule has 2 rings (SSSR count). The minimum absolute atomic E-state index is 0.0465. The highest BCUT2D eigenvalue weighted by Crippen LogP contribution is 2.15. The molecule has 1 aromatic heterocycles. The Labute approximate surface area is 97.8 Å². The zero-order valence-corrected chi connectivity index (χ0v) is 10.1. The number of carbonyl (C=O) groups is 1. The van der Waals surface area contributed by atoms with Gasteiger partial charge in [0.1, 0.15) is 0 Å². The van der Waals surface area contributed by atoms with Crippen molar-refractivity contribution in [1.82, 2.24) is 5.32 Å². The van der Waals surface area contributed by atoms with Crippen molar-refractivity contribution in [2.45, 2.75) is 12.5 Å². The fourth-order valence-electron chi connectivity index (χ4n) is 1.59. The van der Waals surface area contributed by atoms with Crippen LogP contribution in [0.5, 0.6) is 0 Å². The van der Waals surface area contributed by atoms with Gasteiger partial charge < -0.3 is 5.32 Å². The zero-order valence-electron chi connectivity index (χ0n) is 8.47. The van der Waals surface area contributed by atoms with Gasteiger partial charge in [-0.25, -0.2) is 13.2 Å². The van der Waals surface area contributed by atoms with E-state index in [0.717, 1.165) is 5.00 Å². The van der Waals surface area contributed by atoms with Gasteiger partial charge in [0.15, 0.2) is 9.84 Å². The molecular formula is C9H12N2O3S2. The molecule has 2 heterocycles. The van der Waals surface area contributed by atoms with Crippen molar-refractivity contribution in [3.63, 3.8) is 0 Å². The second-order valence-corrected chi connectivity index (χ2v) is 6.85. The van der Waals surface area contributed by atoms with Crippen LogP contribution in [0.25, 0.3) is 0 Å². The van der Waals surface area contributed by atoms with E-state index in [1.807, 2.05) is 11.4 Å². The standard InChI is InChI=1S/C9H12N2O3S2/c12-9(11-8-2-1-4-15-8)10-7-3-5-16(13,14)6-7/h1-2,4,7H,3,5-6H2,(H2,10,11,12). The van der Waals surface area contributed by atoms with Crippen molar-refractivity contribution in [3.05, 3.63) is 17.5 Å². The molecule has 1 saturated heterocycles. The first kappa shape index (κ1) is 11.4. The molecule has 7 heteroatoms. The normalized spacial score (nSPS) is 22.9. The number of sulfone groups is 1. The van der Waals surface area contributed by atoms with Crippen LogP contribution < -0.4 is 10.6 Å². The van der Waals surface area contributed by atoms with Crippen molar-refractivity contribution in [2.75, 3.05) is 16.8 Å². The second kappa shape index (κ2) is 4.42. The van der Waals surface area contributed by atoms with E-state index in [1.165, 1.54) is 11.3 Å². The molecule has 0 spiro atoms. The van der Waals surface area contributed by atoms with Gasteiger partial charge in [0, 0.05) is 6.04 Å². The van der Waals surface area contributed by atoms with Crippen LogP contribution in [0, 0.1) is 0 Å². The molecule has 88 valence electrons. The molecule has 1 aliphatic heterocycles. The summed E-state index contributed by atoms with van der Waals surface area (Å²) >= 11 is 1.42. The molecule has 1 unspecified atom stereocenters. The average molecular weight is 260 g/mol. The Balaban J connectivity index is 1.85. The molecule has 1 atom stereocenters. The molecule has 0 radical (unpaired) electrons. The van der Waals surface area contributed by atoms with E-state index < -0.39 is 9.84 Å². The molecule has 16 heavy (non-hydrogen) atoms. The first-order valence-corrected chi connectivity index (χ1v) is 7.57. The van der Waals surface area contributed by atoms with E-state index in [2.05, 4.69) is 10.6 Å². The fourth-order valence-corrected chi connectivity index (χ4v) is 3.88. The van der Waals surface area contributed by atoms with Crippen LogP contribution in [0.15, 0.2) is 17.5 Å². The molecule has 2 N–H and O–H groups in total. The number of rotatable bonds is 2. The zero-order chi connectivity index (χ0) is 11.6. The van der Waals surface area contributed by atoms with Gasteiger partial charge in [-0.2, -0.15) is 0 Å². The highest BCUT2D eigenvalue weighted by atomic mass is 32.2. The van der Waals surface area contributed by atoms with Gasteiger partial charge in [0.2, 0.25) is 0 Å². The van der Waals surface area contributed by atoms with E-state index >= 15 is 0 Å². The lowest BCUT2D eigenvalue weighted by atomic mass is 10.3. The fraction of sp³-hybridized carbons (Fsp3) is 0.444. The predicted molar refractivity (Wildman–Crippen MR) is 63.5 cm³/mol. The van der Waals surface area contributed by atoms with Gasteiger partial charge in [-0.1, -0.05) is 0 Å². The van der Waals surface area contributed by atoms with E-state index in [9.17, 15) is 13.2 Å². The molecule has 2 amide bonds. The molecule has 0 aliphatic carbocycles. The quantitative estimate of drug-likeness (QED) is 0.834. The van der Waals surface area contributed by atoms with Crippen molar-refractivity contribution in [1.29, 1.82) is 0 Å². The molecule has 1 aromatic rings. The topological polar surface area (TPSA) is 75.3 Å². The molecule has 0 saturated carbocycles.